The van der Waals surface area contributed by atoms with Crippen LogP contribution in [0.25, 0.3) is 0 Å². The number of piperazine rings is 1. The van der Waals surface area contributed by atoms with Gasteiger partial charge in [0.1, 0.15) is 5.82 Å². The normalized spacial score (nSPS) is 23.4. The molecule has 1 aromatic heterocycles. The summed E-state index contributed by atoms with van der Waals surface area (Å²) < 4.78 is 14.6. The van der Waals surface area contributed by atoms with Crippen molar-refractivity contribution in [1.82, 2.24) is 25.1 Å². The van der Waals surface area contributed by atoms with Crippen molar-refractivity contribution < 1.29 is 9.18 Å². The van der Waals surface area contributed by atoms with Crippen LogP contribution in [0.1, 0.15) is 17.9 Å². The lowest BCUT2D eigenvalue weighted by molar-refractivity contribution is -0.133. The SMILES string of the molecule is Cn1nnnc1N1CCN(C(=O)[C@@H]2C[C@H]2c2ccc(F)cc2)CC1. The molecule has 0 bridgehead atoms. The zero-order valence-electron chi connectivity index (χ0n) is 13.5. The molecule has 126 valence electrons. The minimum atomic E-state index is -0.239. The molecule has 1 aromatic carbocycles. The van der Waals surface area contributed by atoms with Crippen molar-refractivity contribution in [1.29, 1.82) is 0 Å². The summed E-state index contributed by atoms with van der Waals surface area (Å²) in [6.07, 6.45) is 0.859. The predicted molar refractivity (Wildman–Crippen MR) is 84.8 cm³/mol. The first-order valence-corrected chi connectivity index (χ1v) is 8.15. The van der Waals surface area contributed by atoms with Crippen LogP contribution in [0.5, 0.6) is 0 Å². The van der Waals surface area contributed by atoms with Gasteiger partial charge in [-0.1, -0.05) is 17.2 Å². The van der Waals surface area contributed by atoms with Gasteiger partial charge in [-0.05, 0) is 40.5 Å². The second kappa shape index (κ2) is 5.85. The number of aromatic nitrogens is 4. The first-order chi connectivity index (χ1) is 11.6. The molecule has 1 aliphatic carbocycles. The minimum absolute atomic E-state index is 0.0403. The van der Waals surface area contributed by atoms with Crippen LogP contribution in [0, 0.1) is 11.7 Å². The number of hydrogen-bond acceptors (Lipinski definition) is 5. The van der Waals surface area contributed by atoms with Crippen molar-refractivity contribution in [2.24, 2.45) is 13.0 Å². The molecule has 8 heteroatoms. The summed E-state index contributed by atoms with van der Waals surface area (Å²) >= 11 is 0. The Bertz CT molecular complexity index is 737. The topological polar surface area (TPSA) is 67.2 Å². The first-order valence-electron chi connectivity index (χ1n) is 8.15. The number of rotatable bonds is 3. The van der Waals surface area contributed by atoms with E-state index in [9.17, 15) is 9.18 Å². The number of carbonyl (C=O) groups is 1. The minimum Gasteiger partial charge on any atom is -0.339 e. The molecule has 24 heavy (non-hydrogen) atoms. The molecule has 1 amide bonds. The predicted octanol–water partition coefficient (Wildman–Crippen LogP) is 0.801. The molecular weight excluding hydrogens is 311 g/mol. The van der Waals surface area contributed by atoms with Gasteiger partial charge in [-0.2, -0.15) is 0 Å². The molecule has 0 spiro atoms. The summed E-state index contributed by atoms with van der Waals surface area (Å²) in [5.74, 6) is 0.979. The summed E-state index contributed by atoms with van der Waals surface area (Å²) in [5.41, 5.74) is 1.05. The first kappa shape index (κ1) is 15.0. The molecule has 1 saturated carbocycles. The average molecular weight is 330 g/mol. The standard InChI is InChI=1S/C16H19FN6O/c1-21-16(18-19-20-21)23-8-6-22(7-9-23)15(24)14-10-13(14)11-2-4-12(17)5-3-11/h2-5,13-14H,6-10H2,1H3/t13-,14+/m0/s1. The molecule has 2 aliphatic rings. The van der Waals surface area contributed by atoms with Crippen LogP contribution in [0.4, 0.5) is 10.3 Å². The molecule has 0 radical (unpaired) electrons. The number of halogens is 1. The number of benzene rings is 1. The summed E-state index contributed by atoms with van der Waals surface area (Å²) in [4.78, 5) is 16.7. The number of nitrogens with zero attached hydrogens (tertiary/aromatic N) is 6. The van der Waals surface area contributed by atoms with Gasteiger partial charge in [-0.3, -0.25) is 4.79 Å². The Kier molecular flexibility index (Phi) is 3.66. The third kappa shape index (κ3) is 2.72. The largest absolute Gasteiger partial charge is 0.339 e. The molecule has 1 saturated heterocycles. The lowest BCUT2D eigenvalue weighted by Gasteiger charge is -2.34. The maximum Gasteiger partial charge on any atom is 0.245 e. The highest BCUT2D eigenvalue weighted by molar-refractivity contribution is 5.83. The molecule has 1 aliphatic heterocycles. The summed E-state index contributed by atoms with van der Waals surface area (Å²) in [7, 11) is 1.81. The molecule has 7 nitrogen and oxygen atoms in total. The Labute approximate surface area is 139 Å². The van der Waals surface area contributed by atoms with Gasteiger partial charge in [-0.15, -0.1) is 0 Å². The molecule has 2 atom stereocenters. The molecule has 4 rings (SSSR count). The van der Waals surface area contributed by atoms with E-state index in [1.807, 2.05) is 11.9 Å². The van der Waals surface area contributed by atoms with E-state index in [1.165, 1.54) is 12.1 Å². The van der Waals surface area contributed by atoms with Crippen molar-refractivity contribution in [3.63, 3.8) is 0 Å². The summed E-state index contributed by atoms with van der Waals surface area (Å²) in [5, 5.41) is 11.5. The van der Waals surface area contributed by atoms with Crippen LogP contribution in [-0.4, -0.2) is 57.2 Å². The lowest BCUT2D eigenvalue weighted by Crippen LogP contribution is -2.50. The molecule has 2 heterocycles. The van der Waals surface area contributed by atoms with Crippen molar-refractivity contribution in [2.75, 3.05) is 31.1 Å². The molecule has 2 aromatic rings. The van der Waals surface area contributed by atoms with E-state index in [-0.39, 0.29) is 23.6 Å². The highest BCUT2D eigenvalue weighted by atomic mass is 19.1. The molecular formula is C16H19FN6O. The van der Waals surface area contributed by atoms with Crippen LogP contribution in [0.2, 0.25) is 0 Å². The number of aryl methyl sites for hydroxylation is 1. The second-order valence-electron chi connectivity index (χ2n) is 6.42. The van der Waals surface area contributed by atoms with Gasteiger partial charge in [0, 0.05) is 39.1 Å². The van der Waals surface area contributed by atoms with Gasteiger partial charge in [0.2, 0.25) is 11.9 Å². The monoisotopic (exact) mass is 330 g/mol. The van der Waals surface area contributed by atoms with Crippen LogP contribution < -0.4 is 4.90 Å². The highest BCUT2D eigenvalue weighted by Crippen LogP contribution is 2.48. The Hall–Kier alpha value is -2.51. The van der Waals surface area contributed by atoms with Crippen molar-refractivity contribution in [2.45, 2.75) is 12.3 Å². The van der Waals surface area contributed by atoms with Gasteiger partial charge < -0.3 is 9.80 Å². The quantitative estimate of drug-likeness (QED) is 0.833. The Morgan fingerprint density at radius 3 is 2.50 bits per heavy atom. The van der Waals surface area contributed by atoms with E-state index in [0.29, 0.717) is 13.1 Å². The van der Waals surface area contributed by atoms with E-state index in [2.05, 4.69) is 20.4 Å². The fourth-order valence-corrected chi connectivity index (χ4v) is 3.40. The van der Waals surface area contributed by atoms with Gasteiger partial charge in [0.25, 0.3) is 0 Å². The third-order valence-electron chi connectivity index (χ3n) is 4.88. The van der Waals surface area contributed by atoms with E-state index >= 15 is 0 Å². The fraction of sp³-hybridized carbons (Fsp3) is 0.500. The smallest absolute Gasteiger partial charge is 0.245 e. The Balaban J connectivity index is 1.34. The van der Waals surface area contributed by atoms with Gasteiger partial charge in [0.15, 0.2) is 0 Å². The molecule has 0 N–H and O–H groups in total. The van der Waals surface area contributed by atoms with Gasteiger partial charge in [-0.25, -0.2) is 9.07 Å². The highest BCUT2D eigenvalue weighted by Gasteiger charge is 2.46. The number of hydrogen-bond donors (Lipinski definition) is 0. The fourth-order valence-electron chi connectivity index (χ4n) is 3.40. The number of tetrazole rings is 1. The number of amides is 1. The molecule has 2 fully saturated rings. The summed E-state index contributed by atoms with van der Waals surface area (Å²) in [6.45, 7) is 2.82. The maximum absolute atomic E-state index is 13.0. The van der Waals surface area contributed by atoms with E-state index in [0.717, 1.165) is 31.0 Å². The summed E-state index contributed by atoms with van der Waals surface area (Å²) in [6, 6.07) is 6.49. The zero-order valence-corrected chi connectivity index (χ0v) is 13.5. The Morgan fingerprint density at radius 2 is 1.88 bits per heavy atom. The molecule has 0 unspecified atom stereocenters. The lowest BCUT2D eigenvalue weighted by atomic mass is 10.1. The van der Waals surface area contributed by atoms with Gasteiger partial charge >= 0.3 is 0 Å². The Morgan fingerprint density at radius 1 is 1.17 bits per heavy atom. The van der Waals surface area contributed by atoms with Crippen LogP contribution in [0.15, 0.2) is 24.3 Å². The van der Waals surface area contributed by atoms with Crippen molar-refractivity contribution in [3.8, 4) is 0 Å². The van der Waals surface area contributed by atoms with E-state index in [4.69, 9.17) is 0 Å². The van der Waals surface area contributed by atoms with Crippen LogP contribution in [0.3, 0.4) is 0 Å². The number of carbonyl (C=O) groups excluding carboxylic acids is 1. The van der Waals surface area contributed by atoms with Crippen LogP contribution >= 0.6 is 0 Å². The third-order valence-corrected chi connectivity index (χ3v) is 4.88. The van der Waals surface area contributed by atoms with E-state index < -0.39 is 0 Å². The van der Waals surface area contributed by atoms with E-state index in [1.54, 1.807) is 16.8 Å². The van der Waals surface area contributed by atoms with Crippen molar-refractivity contribution in [3.05, 3.63) is 35.6 Å². The number of anilines is 1. The van der Waals surface area contributed by atoms with Crippen molar-refractivity contribution >= 4 is 11.9 Å². The zero-order chi connectivity index (χ0) is 16.7. The second-order valence-corrected chi connectivity index (χ2v) is 6.42. The van der Waals surface area contributed by atoms with Gasteiger partial charge in [0.05, 0.1) is 0 Å². The maximum atomic E-state index is 13.0. The van der Waals surface area contributed by atoms with Crippen LogP contribution in [-0.2, 0) is 11.8 Å². The average Bonchev–Trinajstić information content (AvgIpc) is 3.29.